The maximum atomic E-state index is 12.8. The third kappa shape index (κ3) is 5.32. The Balaban J connectivity index is 1.41. The number of piperazine rings is 1. The molecule has 1 aliphatic rings. The number of aromatic nitrogens is 3. The molecule has 12 heteroatoms. The molecule has 1 fully saturated rings. The molecular weight excluding hydrogens is 468 g/mol. The summed E-state index contributed by atoms with van der Waals surface area (Å²) in [6, 6.07) is 7.04. The van der Waals surface area contributed by atoms with Crippen LogP contribution in [0.3, 0.4) is 0 Å². The molecular formula is C21H23ClN6O4S. The highest BCUT2D eigenvalue weighted by molar-refractivity contribution is 7.22. The van der Waals surface area contributed by atoms with E-state index in [1.165, 1.54) is 31.9 Å². The van der Waals surface area contributed by atoms with E-state index in [9.17, 15) is 9.59 Å². The number of urea groups is 1. The van der Waals surface area contributed by atoms with Crippen LogP contribution in [0.5, 0.6) is 5.88 Å². The van der Waals surface area contributed by atoms with Crippen molar-refractivity contribution in [2.24, 2.45) is 0 Å². The number of ether oxygens (including phenoxy) is 2. The fourth-order valence-corrected chi connectivity index (χ4v) is 4.74. The summed E-state index contributed by atoms with van der Waals surface area (Å²) in [4.78, 5) is 42.0. The van der Waals surface area contributed by atoms with E-state index in [1.54, 1.807) is 11.0 Å². The number of fused-ring (bicyclic) bond motifs is 1. The Hall–Kier alpha value is -3.02. The van der Waals surface area contributed by atoms with Crippen molar-refractivity contribution >= 4 is 50.4 Å². The maximum absolute atomic E-state index is 12.8. The molecule has 1 aromatic carbocycles. The van der Waals surface area contributed by atoms with E-state index in [-0.39, 0.29) is 24.5 Å². The zero-order valence-electron chi connectivity index (χ0n) is 18.2. The van der Waals surface area contributed by atoms with Crippen molar-refractivity contribution in [2.75, 3.05) is 45.7 Å². The summed E-state index contributed by atoms with van der Waals surface area (Å²) in [6.07, 6.45) is 1.60. The van der Waals surface area contributed by atoms with E-state index < -0.39 is 0 Å². The van der Waals surface area contributed by atoms with Crippen molar-refractivity contribution in [2.45, 2.75) is 12.5 Å². The summed E-state index contributed by atoms with van der Waals surface area (Å²) in [5.41, 5.74) is 1.45. The predicted octanol–water partition coefficient (Wildman–Crippen LogP) is 3.20. The highest BCUT2D eigenvalue weighted by atomic mass is 35.5. The number of thiazole rings is 1. The number of nitrogens with one attached hydrogen (secondary N) is 1. The number of methoxy groups -OCH3 is 2. The van der Waals surface area contributed by atoms with Crippen LogP contribution in [0.4, 0.5) is 9.93 Å². The molecule has 0 bridgehead atoms. The second-order valence-corrected chi connectivity index (χ2v) is 8.77. The van der Waals surface area contributed by atoms with Crippen LogP contribution in [0.15, 0.2) is 30.6 Å². The van der Waals surface area contributed by atoms with Crippen molar-refractivity contribution in [1.82, 2.24) is 24.8 Å². The van der Waals surface area contributed by atoms with Gasteiger partial charge in [-0.25, -0.2) is 14.8 Å². The van der Waals surface area contributed by atoms with Crippen LogP contribution >= 0.6 is 22.9 Å². The van der Waals surface area contributed by atoms with Crippen LogP contribution in [-0.2, 0) is 9.53 Å². The van der Waals surface area contributed by atoms with Gasteiger partial charge in [0.25, 0.3) is 0 Å². The van der Waals surface area contributed by atoms with E-state index in [1.807, 2.05) is 18.2 Å². The number of rotatable bonds is 6. The number of anilines is 1. The first-order valence-corrected chi connectivity index (χ1v) is 11.5. The van der Waals surface area contributed by atoms with Crippen LogP contribution in [0, 0.1) is 0 Å². The van der Waals surface area contributed by atoms with Gasteiger partial charge in [-0.05, 0) is 17.7 Å². The highest BCUT2D eigenvalue weighted by Crippen LogP contribution is 2.30. The number of hydrogen-bond acceptors (Lipinski definition) is 9. The normalized spacial score (nSPS) is 15.3. The molecule has 0 aliphatic carbocycles. The summed E-state index contributed by atoms with van der Waals surface area (Å²) in [7, 11) is 2.89. The van der Waals surface area contributed by atoms with Gasteiger partial charge in [0.15, 0.2) is 15.5 Å². The second-order valence-electron chi connectivity index (χ2n) is 7.36. The first kappa shape index (κ1) is 23.1. The molecule has 1 atom stereocenters. The number of halogens is 1. The molecule has 4 rings (SSSR count). The average Bonchev–Trinajstić information content (AvgIpc) is 3.25. The summed E-state index contributed by atoms with van der Waals surface area (Å²) in [5, 5.41) is 3.88. The largest absolute Gasteiger partial charge is 0.479 e. The quantitative estimate of drug-likeness (QED) is 0.524. The number of nitrogens with zero attached hydrogens (tertiary/aromatic N) is 5. The average molecular weight is 491 g/mol. The highest BCUT2D eigenvalue weighted by Gasteiger charge is 2.29. The predicted molar refractivity (Wildman–Crippen MR) is 125 cm³/mol. The third-order valence-corrected chi connectivity index (χ3v) is 6.55. The minimum atomic E-state index is -0.297. The Morgan fingerprint density at radius 1 is 1.21 bits per heavy atom. The number of carbonyl (C=O) groups excluding carboxylic acids is 2. The van der Waals surface area contributed by atoms with Crippen molar-refractivity contribution in [3.8, 4) is 5.88 Å². The molecule has 0 radical (unpaired) electrons. The molecule has 174 valence electrons. The number of hydrogen-bond donors (Lipinski definition) is 1. The van der Waals surface area contributed by atoms with Crippen LogP contribution in [0.25, 0.3) is 10.3 Å². The first-order valence-electron chi connectivity index (χ1n) is 10.3. The minimum absolute atomic E-state index is 0.184. The van der Waals surface area contributed by atoms with Crippen LogP contribution in [-0.4, -0.2) is 77.2 Å². The fraction of sp³-hybridized carbons (Fsp3) is 0.381. The van der Waals surface area contributed by atoms with E-state index in [0.717, 1.165) is 5.56 Å². The molecule has 2 amide bonds. The van der Waals surface area contributed by atoms with Crippen LogP contribution in [0.2, 0.25) is 5.02 Å². The van der Waals surface area contributed by atoms with Crippen molar-refractivity contribution in [3.05, 3.63) is 41.2 Å². The lowest BCUT2D eigenvalue weighted by molar-refractivity contribution is -0.142. The molecule has 0 spiro atoms. The summed E-state index contributed by atoms with van der Waals surface area (Å²) in [6.45, 7) is 2.19. The van der Waals surface area contributed by atoms with Gasteiger partial charge in [0.05, 0.1) is 20.6 Å². The Kier molecular flexibility index (Phi) is 7.21. The SMILES string of the molecule is COC(=O)CC(c1cccc(Cl)c1)N1CCN(C(=O)Nc2nc3c(OC)ncnc3s2)CC1. The van der Waals surface area contributed by atoms with Gasteiger partial charge in [-0.3, -0.25) is 15.0 Å². The van der Waals surface area contributed by atoms with Gasteiger partial charge < -0.3 is 14.4 Å². The number of amides is 2. The summed E-state index contributed by atoms with van der Waals surface area (Å²) >= 11 is 7.43. The molecule has 1 unspecified atom stereocenters. The smallest absolute Gasteiger partial charge is 0.323 e. The minimum Gasteiger partial charge on any atom is -0.479 e. The number of benzene rings is 1. The number of esters is 1. The number of carbonyl (C=O) groups is 2. The van der Waals surface area contributed by atoms with Gasteiger partial charge in [-0.1, -0.05) is 35.1 Å². The second kappa shape index (κ2) is 10.3. The van der Waals surface area contributed by atoms with Crippen LogP contribution < -0.4 is 10.1 Å². The van der Waals surface area contributed by atoms with Crippen molar-refractivity contribution in [1.29, 1.82) is 0 Å². The lowest BCUT2D eigenvalue weighted by atomic mass is 10.0. The Morgan fingerprint density at radius 2 is 2.00 bits per heavy atom. The molecule has 0 saturated carbocycles. The zero-order valence-corrected chi connectivity index (χ0v) is 19.7. The van der Waals surface area contributed by atoms with Gasteiger partial charge in [0, 0.05) is 37.2 Å². The lowest BCUT2D eigenvalue weighted by Crippen LogP contribution is -2.51. The van der Waals surface area contributed by atoms with E-state index in [2.05, 4.69) is 25.2 Å². The van der Waals surface area contributed by atoms with Crippen molar-refractivity contribution < 1.29 is 19.1 Å². The molecule has 1 saturated heterocycles. The van der Waals surface area contributed by atoms with Gasteiger partial charge in [0.2, 0.25) is 5.88 Å². The first-order chi connectivity index (χ1) is 16.0. The summed E-state index contributed by atoms with van der Waals surface area (Å²) in [5.74, 6) is 0.0672. The molecule has 3 heterocycles. The van der Waals surface area contributed by atoms with E-state index in [4.69, 9.17) is 21.1 Å². The lowest BCUT2D eigenvalue weighted by Gasteiger charge is -2.39. The summed E-state index contributed by atoms with van der Waals surface area (Å²) < 4.78 is 10.1. The van der Waals surface area contributed by atoms with E-state index >= 15 is 0 Å². The van der Waals surface area contributed by atoms with Gasteiger partial charge in [-0.2, -0.15) is 4.98 Å². The third-order valence-electron chi connectivity index (χ3n) is 5.43. The molecule has 10 nitrogen and oxygen atoms in total. The monoisotopic (exact) mass is 490 g/mol. The van der Waals surface area contributed by atoms with Crippen LogP contribution in [0.1, 0.15) is 18.0 Å². The Bertz CT molecular complexity index is 1150. The topological polar surface area (TPSA) is 110 Å². The fourth-order valence-electron chi connectivity index (χ4n) is 3.76. The maximum Gasteiger partial charge on any atom is 0.323 e. The van der Waals surface area contributed by atoms with Gasteiger partial charge in [-0.15, -0.1) is 0 Å². The molecule has 3 aromatic rings. The van der Waals surface area contributed by atoms with E-state index in [0.29, 0.717) is 52.6 Å². The van der Waals surface area contributed by atoms with Crippen molar-refractivity contribution in [3.63, 3.8) is 0 Å². The molecule has 1 aliphatic heterocycles. The Morgan fingerprint density at radius 3 is 2.70 bits per heavy atom. The molecule has 2 aromatic heterocycles. The standard InChI is InChI=1S/C21H23ClN6O4S/c1-31-16(29)11-15(13-4-3-5-14(22)10-13)27-6-8-28(9-7-27)21(30)26-20-25-17-18(32-2)23-12-24-19(17)33-20/h3-5,10,12,15H,6-9,11H2,1-2H3,(H,25,26,30). The Labute approximate surface area is 199 Å². The van der Waals surface area contributed by atoms with Gasteiger partial charge >= 0.3 is 12.0 Å². The zero-order chi connectivity index (χ0) is 23.4. The van der Waals surface area contributed by atoms with Gasteiger partial charge in [0.1, 0.15) is 6.33 Å². The molecule has 33 heavy (non-hydrogen) atoms. The molecule has 1 N–H and O–H groups in total.